The number of carbonyl (C=O) groups is 1. The molecule has 0 aromatic heterocycles. The standard InChI is InChI=1S/C11H15N3O/c1-8-12-10(11(15)14-13-8)7-9-5-3-2-4-6-9/h2-6,8,10,12-13H,7H2,1H3,(H,14,15). The summed E-state index contributed by atoms with van der Waals surface area (Å²) < 4.78 is 0. The summed E-state index contributed by atoms with van der Waals surface area (Å²) in [5, 5.41) is 3.19. The van der Waals surface area contributed by atoms with Crippen LogP contribution in [0.4, 0.5) is 0 Å². The number of benzene rings is 1. The average molecular weight is 205 g/mol. The molecule has 1 saturated heterocycles. The Hall–Kier alpha value is -1.39. The molecule has 15 heavy (non-hydrogen) atoms. The molecule has 1 aliphatic rings. The van der Waals surface area contributed by atoms with Gasteiger partial charge >= 0.3 is 0 Å². The minimum Gasteiger partial charge on any atom is -0.289 e. The van der Waals surface area contributed by atoms with Crippen LogP contribution >= 0.6 is 0 Å². The topological polar surface area (TPSA) is 53.2 Å². The fraction of sp³-hybridized carbons (Fsp3) is 0.364. The van der Waals surface area contributed by atoms with E-state index >= 15 is 0 Å². The van der Waals surface area contributed by atoms with Gasteiger partial charge in [0.25, 0.3) is 5.91 Å². The highest BCUT2D eigenvalue weighted by Crippen LogP contribution is 2.05. The molecule has 0 bridgehead atoms. The van der Waals surface area contributed by atoms with Crippen molar-refractivity contribution in [2.45, 2.75) is 25.6 Å². The lowest BCUT2D eigenvalue weighted by Crippen LogP contribution is -2.64. The van der Waals surface area contributed by atoms with Crippen LogP contribution in [-0.4, -0.2) is 18.1 Å². The maximum absolute atomic E-state index is 11.5. The van der Waals surface area contributed by atoms with E-state index in [4.69, 9.17) is 0 Å². The molecule has 0 radical (unpaired) electrons. The molecule has 1 amide bonds. The Morgan fingerprint density at radius 1 is 1.27 bits per heavy atom. The minimum atomic E-state index is -0.149. The number of rotatable bonds is 2. The first-order valence-corrected chi connectivity index (χ1v) is 5.11. The van der Waals surface area contributed by atoms with Crippen molar-refractivity contribution in [1.82, 2.24) is 16.2 Å². The van der Waals surface area contributed by atoms with Gasteiger partial charge in [-0.2, -0.15) is 0 Å². The van der Waals surface area contributed by atoms with Crippen LogP contribution < -0.4 is 16.2 Å². The highest BCUT2D eigenvalue weighted by atomic mass is 16.2. The lowest BCUT2D eigenvalue weighted by Gasteiger charge is -2.29. The zero-order valence-electron chi connectivity index (χ0n) is 8.66. The van der Waals surface area contributed by atoms with Crippen LogP contribution in [0.15, 0.2) is 30.3 Å². The second-order valence-electron chi connectivity index (χ2n) is 3.76. The molecule has 1 fully saturated rings. The maximum atomic E-state index is 11.5. The molecular formula is C11H15N3O. The van der Waals surface area contributed by atoms with E-state index in [1.54, 1.807) is 0 Å². The Bertz CT molecular complexity index is 339. The van der Waals surface area contributed by atoms with E-state index in [1.165, 1.54) is 5.56 Å². The first kappa shape index (κ1) is 10.1. The minimum absolute atomic E-state index is 0.00282. The molecule has 1 aliphatic heterocycles. The molecule has 1 heterocycles. The molecule has 1 aromatic carbocycles. The third-order valence-electron chi connectivity index (χ3n) is 2.46. The molecule has 80 valence electrons. The van der Waals surface area contributed by atoms with Crippen molar-refractivity contribution in [3.05, 3.63) is 35.9 Å². The summed E-state index contributed by atoms with van der Waals surface area (Å²) in [6, 6.07) is 9.85. The second-order valence-corrected chi connectivity index (χ2v) is 3.76. The number of amides is 1. The SMILES string of the molecule is CC1NNC(=O)C(Cc2ccccc2)N1. The van der Waals surface area contributed by atoms with Crippen molar-refractivity contribution in [2.24, 2.45) is 0 Å². The normalized spacial score (nSPS) is 26.1. The maximum Gasteiger partial charge on any atom is 0.251 e. The Kier molecular flexibility index (Phi) is 2.99. The average Bonchev–Trinajstić information content (AvgIpc) is 2.25. The van der Waals surface area contributed by atoms with Gasteiger partial charge in [-0.15, -0.1) is 0 Å². The third kappa shape index (κ3) is 2.55. The van der Waals surface area contributed by atoms with Crippen LogP contribution in [0.3, 0.4) is 0 Å². The van der Waals surface area contributed by atoms with Crippen LogP contribution in [-0.2, 0) is 11.2 Å². The summed E-state index contributed by atoms with van der Waals surface area (Å²) in [6.45, 7) is 1.97. The monoisotopic (exact) mass is 205 g/mol. The first-order chi connectivity index (χ1) is 7.25. The van der Waals surface area contributed by atoms with Crippen LogP contribution in [0, 0.1) is 0 Å². The van der Waals surface area contributed by atoms with Gasteiger partial charge in [0.1, 0.15) is 0 Å². The van der Waals surface area contributed by atoms with Crippen molar-refractivity contribution < 1.29 is 4.79 Å². The Morgan fingerprint density at radius 3 is 2.73 bits per heavy atom. The van der Waals surface area contributed by atoms with E-state index in [9.17, 15) is 4.79 Å². The molecular weight excluding hydrogens is 190 g/mol. The number of nitrogens with one attached hydrogen (secondary N) is 3. The van der Waals surface area contributed by atoms with Gasteiger partial charge < -0.3 is 0 Å². The number of hydrazine groups is 1. The van der Waals surface area contributed by atoms with Crippen LogP contribution in [0.2, 0.25) is 0 Å². The van der Waals surface area contributed by atoms with Crippen LogP contribution in [0.5, 0.6) is 0 Å². The van der Waals surface area contributed by atoms with Crippen molar-refractivity contribution in [1.29, 1.82) is 0 Å². The molecule has 3 N–H and O–H groups in total. The van der Waals surface area contributed by atoms with E-state index in [0.717, 1.165) is 6.42 Å². The quantitative estimate of drug-likeness (QED) is 0.645. The molecule has 0 spiro atoms. The molecule has 1 aromatic rings. The molecule has 2 unspecified atom stereocenters. The summed E-state index contributed by atoms with van der Waals surface area (Å²) in [4.78, 5) is 11.5. The number of hydrogen-bond acceptors (Lipinski definition) is 3. The van der Waals surface area contributed by atoms with Crippen molar-refractivity contribution in [3.63, 3.8) is 0 Å². The lowest BCUT2D eigenvalue weighted by molar-refractivity contribution is -0.126. The van der Waals surface area contributed by atoms with E-state index in [2.05, 4.69) is 16.2 Å². The second kappa shape index (κ2) is 4.42. The van der Waals surface area contributed by atoms with Crippen LogP contribution in [0.1, 0.15) is 12.5 Å². The Balaban J connectivity index is 2.01. The molecule has 0 saturated carbocycles. The van der Waals surface area contributed by atoms with Gasteiger partial charge in [0.15, 0.2) is 0 Å². The summed E-state index contributed by atoms with van der Waals surface area (Å²) in [5.74, 6) is -0.00282. The van der Waals surface area contributed by atoms with Crippen molar-refractivity contribution in [2.75, 3.05) is 0 Å². The van der Waals surface area contributed by atoms with Crippen molar-refractivity contribution >= 4 is 5.91 Å². The van der Waals surface area contributed by atoms with Gasteiger partial charge in [0, 0.05) is 0 Å². The highest BCUT2D eigenvalue weighted by Gasteiger charge is 2.24. The van der Waals surface area contributed by atoms with Gasteiger partial charge in [-0.3, -0.25) is 15.5 Å². The molecule has 4 heteroatoms. The van der Waals surface area contributed by atoms with Gasteiger partial charge in [-0.25, -0.2) is 5.43 Å². The highest BCUT2D eigenvalue weighted by molar-refractivity contribution is 5.82. The first-order valence-electron chi connectivity index (χ1n) is 5.11. The lowest BCUT2D eigenvalue weighted by atomic mass is 10.0. The number of hydrogen-bond donors (Lipinski definition) is 3. The zero-order valence-corrected chi connectivity index (χ0v) is 8.66. The molecule has 2 rings (SSSR count). The van der Waals surface area contributed by atoms with Gasteiger partial charge in [-0.05, 0) is 18.9 Å². The summed E-state index contributed by atoms with van der Waals surface area (Å²) in [5.41, 5.74) is 6.65. The number of carbonyl (C=O) groups excluding carboxylic acids is 1. The third-order valence-corrected chi connectivity index (χ3v) is 2.46. The fourth-order valence-electron chi connectivity index (χ4n) is 1.69. The van der Waals surface area contributed by atoms with E-state index in [0.29, 0.717) is 0 Å². The molecule has 0 aliphatic carbocycles. The summed E-state index contributed by atoms with van der Waals surface area (Å²) >= 11 is 0. The predicted octanol–water partition coefficient (Wildman–Crippen LogP) is 0.168. The van der Waals surface area contributed by atoms with Gasteiger partial charge in [0.2, 0.25) is 0 Å². The van der Waals surface area contributed by atoms with Gasteiger partial charge in [-0.1, -0.05) is 30.3 Å². The zero-order chi connectivity index (χ0) is 10.7. The summed E-state index contributed by atoms with van der Waals surface area (Å²) in [7, 11) is 0. The Morgan fingerprint density at radius 2 is 2.00 bits per heavy atom. The smallest absolute Gasteiger partial charge is 0.251 e. The van der Waals surface area contributed by atoms with Crippen molar-refractivity contribution in [3.8, 4) is 0 Å². The molecule has 4 nitrogen and oxygen atoms in total. The predicted molar refractivity (Wildman–Crippen MR) is 57.8 cm³/mol. The van der Waals surface area contributed by atoms with Crippen LogP contribution in [0.25, 0.3) is 0 Å². The van der Waals surface area contributed by atoms with E-state index in [1.807, 2.05) is 37.3 Å². The van der Waals surface area contributed by atoms with E-state index in [-0.39, 0.29) is 18.1 Å². The fourth-order valence-corrected chi connectivity index (χ4v) is 1.69. The summed E-state index contributed by atoms with van der Waals surface area (Å²) in [6.07, 6.45) is 0.829. The molecule has 2 atom stereocenters. The van der Waals surface area contributed by atoms with Gasteiger partial charge in [0.05, 0.1) is 12.2 Å². The van der Waals surface area contributed by atoms with E-state index < -0.39 is 0 Å². The Labute approximate surface area is 89.0 Å². The largest absolute Gasteiger partial charge is 0.289 e.